The SMILES string of the molecule is CO[C@@]1(C(=O)O)CC(=O)N(C)CCC/C=C/[C@H](O)[C@@H]2CC[C@H]2CN2CCCCc3cc(Cl)ccc3COc3ccc1cc32. The van der Waals surface area contributed by atoms with Crippen molar-refractivity contribution in [2.75, 3.05) is 38.7 Å². The van der Waals surface area contributed by atoms with Gasteiger partial charge >= 0.3 is 5.97 Å². The van der Waals surface area contributed by atoms with Crippen LogP contribution in [0.15, 0.2) is 48.6 Å². The minimum atomic E-state index is -1.86. The minimum absolute atomic E-state index is 0.158. The number of amides is 1. The lowest BCUT2D eigenvalue weighted by atomic mass is 9.70. The Hall–Kier alpha value is -3.07. The summed E-state index contributed by atoms with van der Waals surface area (Å²) in [4.78, 5) is 30.1. The first-order valence-electron chi connectivity index (χ1n) is 15.4. The van der Waals surface area contributed by atoms with Crippen LogP contribution in [0, 0.1) is 11.8 Å². The summed E-state index contributed by atoms with van der Waals surface area (Å²) in [6.07, 6.45) is 9.22. The number of carbonyl (C=O) groups is 2. The highest BCUT2D eigenvalue weighted by Gasteiger charge is 2.44. The smallest absolute Gasteiger partial charge is 0.341 e. The van der Waals surface area contributed by atoms with Crippen molar-refractivity contribution in [3.8, 4) is 5.75 Å². The van der Waals surface area contributed by atoms with E-state index < -0.39 is 17.7 Å². The van der Waals surface area contributed by atoms with Gasteiger partial charge in [-0.05, 0) is 97.7 Å². The average Bonchev–Trinajstić information content (AvgIpc) is 3.00. The molecule has 2 N–H and O–H groups in total. The molecular weight excluding hydrogens is 568 g/mol. The van der Waals surface area contributed by atoms with Crippen molar-refractivity contribution in [3.63, 3.8) is 0 Å². The number of halogens is 1. The number of fused-ring (bicyclic) bond motifs is 3. The van der Waals surface area contributed by atoms with Gasteiger partial charge in [-0.25, -0.2) is 4.79 Å². The number of carbonyl (C=O) groups excluding carboxylic acids is 1. The van der Waals surface area contributed by atoms with E-state index in [1.165, 1.54) is 12.7 Å². The molecule has 1 amide bonds. The van der Waals surface area contributed by atoms with Gasteiger partial charge in [0.25, 0.3) is 0 Å². The third-order valence-corrected chi connectivity index (χ3v) is 9.76. The van der Waals surface area contributed by atoms with Crippen LogP contribution in [0.1, 0.15) is 61.6 Å². The standard InChI is InChI=1S/C34H43ClN2O6/c1-36-16-6-3-4-9-30(38)28-14-11-24(28)21-37-17-7-5-8-23-18-27(35)13-10-25(23)22-43-31-15-12-26(19-29(31)37)34(42-2,33(40)41)20-32(36)39/h4,9-10,12-13,15,18-19,24,28,30,38H,3,5-8,11,14,16-17,20-22H2,1-2H3,(H,40,41)/b9-4+/t24-,28+,30-,34-/m0/s1. The minimum Gasteiger partial charge on any atom is -0.487 e. The molecule has 1 fully saturated rings. The van der Waals surface area contributed by atoms with Gasteiger partial charge in [0.15, 0.2) is 5.60 Å². The van der Waals surface area contributed by atoms with Crippen LogP contribution in [0.2, 0.25) is 5.02 Å². The number of aliphatic carboxylic acids is 1. The largest absolute Gasteiger partial charge is 0.487 e. The molecule has 4 atom stereocenters. The highest BCUT2D eigenvalue weighted by molar-refractivity contribution is 6.30. The lowest BCUT2D eigenvalue weighted by Crippen LogP contribution is -2.44. The number of allylic oxidation sites excluding steroid dienone is 1. The number of methoxy groups -OCH3 is 1. The summed E-state index contributed by atoms with van der Waals surface area (Å²) in [5.74, 6) is -0.442. The van der Waals surface area contributed by atoms with Crippen molar-refractivity contribution < 1.29 is 29.3 Å². The Labute approximate surface area is 259 Å². The van der Waals surface area contributed by atoms with E-state index >= 15 is 0 Å². The first-order chi connectivity index (χ1) is 20.7. The summed E-state index contributed by atoms with van der Waals surface area (Å²) in [5, 5.41) is 22.3. The van der Waals surface area contributed by atoms with E-state index in [2.05, 4.69) is 4.90 Å². The fourth-order valence-electron chi connectivity index (χ4n) is 6.62. The number of rotatable bonds is 2. The van der Waals surface area contributed by atoms with Crippen molar-refractivity contribution in [2.45, 2.75) is 69.7 Å². The summed E-state index contributed by atoms with van der Waals surface area (Å²) < 4.78 is 12.2. The number of aryl methyl sites for hydroxylation is 1. The van der Waals surface area contributed by atoms with Gasteiger partial charge in [-0.3, -0.25) is 4.79 Å². The molecule has 43 heavy (non-hydrogen) atoms. The molecular formula is C34H43ClN2O6. The highest BCUT2D eigenvalue weighted by atomic mass is 35.5. The highest BCUT2D eigenvalue weighted by Crippen LogP contribution is 2.42. The molecule has 0 saturated heterocycles. The Kier molecular flexibility index (Phi) is 9.99. The quantitative estimate of drug-likeness (QED) is 0.429. The zero-order valence-corrected chi connectivity index (χ0v) is 25.9. The van der Waals surface area contributed by atoms with Crippen molar-refractivity contribution in [1.29, 1.82) is 0 Å². The van der Waals surface area contributed by atoms with E-state index in [1.807, 2.05) is 36.4 Å². The van der Waals surface area contributed by atoms with Crippen molar-refractivity contribution >= 4 is 29.2 Å². The lowest BCUT2D eigenvalue weighted by Gasteiger charge is -2.43. The molecule has 2 aliphatic heterocycles. The van der Waals surface area contributed by atoms with Crippen LogP contribution >= 0.6 is 11.6 Å². The summed E-state index contributed by atoms with van der Waals surface area (Å²) in [7, 11) is 3.04. The first kappa shape index (κ1) is 31.4. The molecule has 2 aromatic rings. The second kappa shape index (κ2) is 13.7. The third kappa shape index (κ3) is 6.87. The molecule has 1 aliphatic carbocycles. The number of anilines is 1. The van der Waals surface area contributed by atoms with E-state index in [0.29, 0.717) is 42.5 Å². The van der Waals surface area contributed by atoms with Crippen LogP contribution in [0.4, 0.5) is 5.69 Å². The maximum absolute atomic E-state index is 13.3. The Morgan fingerprint density at radius 2 is 1.93 bits per heavy atom. The third-order valence-electron chi connectivity index (χ3n) is 9.53. The predicted molar refractivity (Wildman–Crippen MR) is 167 cm³/mol. The first-order valence-corrected chi connectivity index (χ1v) is 15.8. The fourth-order valence-corrected chi connectivity index (χ4v) is 6.81. The Morgan fingerprint density at radius 1 is 1.09 bits per heavy atom. The molecule has 0 radical (unpaired) electrons. The van der Waals surface area contributed by atoms with Crippen LogP contribution < -0.4 is 9.64 Å². The Bertz CT molecular complexity index is 1350. The molecule has 1 saturated carbocycles. The van der Waals surface area contributed by atoms with Crippen LogP contribution in [-0.2, 0) is 33.0 Å². The number of carboxylic acid groups (broad SMARTS) is 1. The predicted octanol–water partition coefficient (Wildman–Crippen LogP) is 5.57. The van der Waals surface area contributed by atoms with E-state index in [0.717, 1.165) is 56.3 Å². The number of hydrogen-bond acceptors (Lipinski definition) is 6. The maximum Gasteiger partial charge on any atom is 0.341 e. The number of ether oxygens (including phenoxy) is 2. The van der Waals surface area contributed by atoms with Crippen molar-refractivity contribution in [1.82, 2.24) is 4.90 Å². The molecule has 2 heterocycles. The summed E-state index contributed by atoms with van der Waals surface area (Å²) in [6, 6.07) is 11.2. The van der Waals surface area contributed by atoms with Gasteiger partial charge in [-0.1, -0.05) is 35.9 Å². The second-order valence-electron chi connectivity index (χ2n) is 12.2. The van der Waals surface area contributed by atoms with Gasteiger partial charge in [0.05, 0.1) is 18.2 Å². The zero-order valence-electron chi connectivity index (χ0n) is 25.1. The summed E-state index contributed by atoms with van der Waals surface area (Å²) in [5.41, 5.74) is 1.55. The molecule has 5 rings (SSSR count). The number of aliphatic hydroxyl groups excluding tert-OH is 1. The number of nitrogens with zero attached hydrogens (tertiary/aromatic N) is 2. The second-order valence-corrected chi connectivity index (χ2v) is 12.6. The fraction of sp³-hybridized carbons (Fsp3) is 0.529. The van der Waals surface area contributed by atoms with Gasteiger partial charge in [-0.15, -0.1) is 0 Å². The van der Waals surface area contributed by atoms with Crippen LogP contribution in [0.3, 0.4) is 0 Å². The maximum atomic E-state index is 13.3. The summed E-state index contributed by atoms with van der Waals surface area (Å²) >= 11 is 6.33. The van der Waals surface area contributed by atoms with E-state index in [-0.39, 0.29) is 24.2 Å². The van der Waals surface area contributed by atoms with Gasteiger partial charge in [-0.2, -0.15) is 0 Å². The number of aliphatic hydroxyl groups is 1. The van der Waals surface area contributed by atoms with Crippen LogP contribution in [-0.4, -0.2) is 66.9 Å². The molecule has 2 aromatic carbocycles. The topological polar surface area (TPSA) is 99.5 Å². The van der Waals surface area contributed by atoms with Gasteiger partial charge in [0.1, 0.15) is 12.4 Å². The molecule has 2 bridgehead atoms. The summed E-state index contributed by atoms with van der Waals surface area (Å²) in [6.45, 7) is 2.27. The van der Waals surface area contributed by atoms with Crippen LogP contribution in [0.5, 0.6) is 5.75 Å². The number of hydrogen-bond donors (Lipinski definition) is 2. The number of carboxylic acids is 1. The van der Waals surface area contributed by atoms with E-state index in [1.54, 1.807) is 24.1 Å². The molecule has 9 heteroatoms. The van der Waals surface area contributed by atoms with Gasteiger partial charge in [0.2, 0.25) is 5.91 Å². The monoisotopic (exact) mass is 610 g/mol. The molecule has 0 unspecified atom stereocenters. The van der Waals surface area contributed by atoms with Crippen LogP contribution in [0.25, 0.3) is 0 Å². The molecule has 0 aromatic heterocycles. The van der Waals surface area contributed by atoms with Gasteiger partial charge in [0, 0.05) is 38.8 Å². The van der Waals surface area contributed by atoms with Crippen molar-refractivity contribution in [3.05, 3.63) is 70.3 Å². The molecule has 3 aliphatic rings. The Balaban J connectivity index is 1.59. The van der Waals surface area contributed by atoms with Crippen molar-refractivity contribution in [2.24, 2.45) is 11.8 Å². The molecule has 8 nitrogen and oxygen atoms in total. The molecule has 0 spiro atoms. The molecule has 232 valence electrons. The lowest BCUT2D eigenvalue weighted by molar-refractivity contribution is -0.169. The zero-order chi connectivity index (χ0) is 30.6. The normalized spacial score (nSPS) is 27.8. The Morgan fingerprint density at radius 3 is 2.67 bits per heavy atom. The number of benzene rings is 2. The van der Waals surface area contributed by atoms with E-state index in [9.17, 15) is 19.8 Å². The average molecular weight is 611 g/mol. The van der Waals surface area contributed by atoms with Gasteiger partial charge < -0.3 is 29.5 Å². The van der Waals surface area contributed by atoms with E-state index in [4.69, 9.17) is 21.1 Å².